The van der Waals surface area contributed by atoms with Crippen LogP contribution in [-0.2, 0) is 16.0 Å². The molecule has 0 bridgehead atoms. The summed E-state index contributed by atoms with van der Waals surface area (Å²) < 4.78 is 1.01. The molecule has 1 aromatic rings. The van der Waals surface area contributed by atoms with Crippen LogP contribution in [0, 0.1) is 0 Å². The van der Waals surface area contributed by atoms with E-state index in [0.29, 0.717) is 6.42 Å². The summed E-state index contributed by atoms with van der Waals surface area (Å²) in [6.07, 6.45) is 1.44. The molecule has 0 spiro atoms. The second-order valence-electron chi connectivity index (χ2n) is 4.77. The van der Waals surface area contributed by atoms with Gasteiger partial charge in [0.25, 0.3) is 0 Å². The fourth-order valence-electron chi connectivity index (χ4n) is 1.57. The maximum atomic E-state index is 11.1. The van der Waals surface area contributed by atoms with E-state index in [4.69, 9.17) is 5.11 Å². The Hall–Kier alpha value is -1.36. The number of hydrogen-bond donors (Lipinski definition) is 2. The highest BCUT2D eigenvalue weighted by molar-refractivity contribution is 9.10. The SMILES string of the molecule is CC(C)(CCc1cccc(Br)c1)NC(=O)C(=O)O. The molecule has 0 aliphatic carbocycles. The zero-order valence-corrected chi connectivity index (χ0v) is 12.0. The molecule has 5 heteroatoms. The van der Waals surface area contributed by atoms with Gasteiger partial charge in [-0.3, -0.25) is 4.79 Å². The van der Waals surface area contributed by atoms with Gasteiger partial charge in [0.15, 0.2) is 0 Å². The zero-order chi connectivity index (χ0) is 13.8. The Balaban J connectivity index is 2.56. The zero-order valence-electron chi connectivity index (χ0n) is 10.4. The number of benzene rings is 1. The van der Waals surface area contributed by atoms with Gasteiger partial charge in [0.2, 0.25) is 0 Å². The number of rotatable bonds is 4. The van der Waals surface area contributed by atoms with E-state index in [2.05, 4.69) is 21.2 Å². The molecule has 0 atom stereocenters. The summed E-state index contributed by atoms with van der Waals surface area (Å²) in [6.45, 7) is 3.62. The second kappa shape index (κ2) is 6.00. The van der Waals surface area contributed by atoms with Crippen LogP contribution in [0.1, 0.15) is 25.8 Å². The molecule has 0 aliphatic rings. The van der Waals surface area contributed by atoms with E-state index in [1.54, 1.807) is 0 Å². The lowest BCUT2D eigenvalue weighted by molar-refractivity contribution is -0.151. The summed E-state index contributed by atoms with van der Waals surface area (Å²) in [5.74, 6) is -2.42. The van der Waals surface area contributed by atoms with Crippen molar-refractivity contribution in [2.45, 2.75) is 32.2 Å². The highest BCUT2D eigenvalue weighted by atomic mass is 79.9. The van der Waals surface area contributed by atoms with Crippen LogP contribution in [0.3, 0.4) is 0 Å². The van der Waals surface area contributed by atoms with Crippen molar-refractivity contribution >= 4 is 27.8 Å². The second-order valence-corrected chi connectivity index (χ2v) is 5.69. The summed E-state index contributed by atoms with van der Waals surface area (Å²) in [7, 11) is 0. The molecule has 0 aliphatic heterocycles. The summed E-state index contributed by atoms with van der Waals surface area (Å²) in [5.41, 5.74) is 0.597. The van der Waals surface area contributed by atoms with Crippen molar-refractivity contribution < 1.29 is 14.7 Å². The van der Waals surface area contributed by atoms with Gasteiger partial charge < -0.3 is 10.4 Å². The van der Waals surface area contributed by atoms with Gasteiger partial charge >= 0.3 is 11.9 Å². The molecule has 0 saturated heterocycles. The van der Waals surface area contributed by atoms with Crippen LogP contribution in [0.4, 0.5) is 0 Å². The number of nitrogens with one attached hydrogen (secondary N) is 1. The highest BCUT2D eigenvalue weighted by Gasteiger charge is 2.23. The number of carbonyl (C=O) groups excluding carboxylic acids is 1. The molecular weight excluding hydrogens is 298 g/mol. The number of carboxylic acids is 1. The Bertz CT molecular complexity index is 457. The largest absolute Gasteiger partial charge is 0.474 e. The Morgan fingerprint density at radius 1 is 1.39 bits per heavy atom. The standard InChI is InChI=1S/C13H16BrNO3/c1-13(2,15-11(16)12(17)18)7-6-9-4-3-5-10(14)8-9/h3-5,8H,6-7H2,1-2H3,(H,15,16)(H,17,18). The van der Waals surface area contributed by atoms with Crippen molar-refractivity contribution in [1.82, 2.24) is 5.32 Å². The van der Waals surface area contributed by atoms with E-state index in [9.17, 15) is 9.59 Å². The maximum absolute atomic E-state index is 11.1. The summed E-state index contributed by atoms with van der Waals surface area (Å²) >= 11 is 3.39. The summed E-state index contributed by atoms with van der Waals surface area (Å²) in [5, 5.41) is 11.0. The maximum Gasteiger partial charge on any atom is 0.394 e. The third kappa shape index (κ3) is 4.87. The molecule has 0 aromatic heterocycles. The van der Waals surface area contributed by atoms with Crippen LogP contribution in [0.5, 0.6) is 0 Å². The molecule has 0 saturated carbocycles. The van der Waals surface area contributed by atoms with Crippen molar-refractivity contribution in [2.24, 2.45) is 0 Å². The predicted octanol–water partition coefficient (Wildman–Crippen LogP) is 2.36. The fraction of sp³-hybridized carbons (Fsp3) is 0.385. The first-order valence-corrected chi connectivity index (χ1v) is 6.39. The van der Waals surface area contributed by atoms with Crippen LogP contribution in [0.25, 0.3) is 0 Å². The van der Waals surface area contributed by atoms with E-state index in [0.717, 1.165) is 16.5 Å². The molecule has 0 unspecified atom stereocenters. The minimum atomic E-state index is -1.45. The first-order chi connectivity index (χ1) is 8.30. The van der Waals surface area contributed by atoms with Gasteiger partial charge in [0.1, 0.15) is 0 Å². The average Bonchev–Trinajstić information content (AvgIpc) is 2.26. The molecule has 1 aromatic carbocycles. The predicted molar refractivity (Wildman–Crippen MR) is 72.3 cm³/mol. The molecule has 98 valence electrons. The van der Waals surface area contributed by atoms with Crippen LogP contribution in [0.15, 0.2) is 28.7 Å². The number of carbonyl (C=O) groups is 2. The lowest BCUT2D eigenvalue weighted by Gasteiger charge is -2.25. The topological polar surface area (TPSA) is 66.4 Å². The lowest BCUT2D eigenvalue weighted by atomic mass is 9.95. The summed E-state index contributed by atoms with van der Waals surface area (Å²) in [6, 6.07) is 7.90. The van der Waals surface area contributed by atoms with Gasteiger partial charge in [0, 0.05) is 10.0 Å². The first kappa shape index (κ1) is 14.7. The van der Waals surface area contributed by atoms with Crippen LogP contribution < -0.4 is 5.32 Å². The van der Waals surface area contributed by atoms with Crippen molar-refractivity contribution in [3.05, 3.63) is 34.3 Å². The Morgan fingerprint density at radius 2 is 2.06 bits per heavy atom. The van der Waals surface area contributed by atoms with Crippen molar-refractivity contribution in [2.75, 3.05) is 0 Å². The van der Waals surface area contributed by atoms with Crippen LogP contribution in [0.2, 0.25) is 0 Å². The number of hydrogen-bond acceptors (Lipinski definition) is 2. The molecule has 0 fully saturated rings. The minimum Gasteiger partial charge on any atom is -0.474 e. The number of halogens is 1. The van der Waals surface area contributed by atoms with Gasteiger partial charge in [0.05, 0.1) is 0 Å². The monoisotopic (exact) mass is 313 g/mol. The molecule has 2 N–H and O–H groups in total. The molecule has 0 heterocycles. The van der Waals surface area contributed by atoms with Crippen molar-refractivity contribution in [3.8, 4) is 0 Å². The first-order valence-electron chi connectivity index (χ1n) is 5.60. The van der Waals surface area contributed by atoms with Gasteiger partial charge in [-0.2, -0.15) is 0 Å². The third-order valence-electron chi connectivity index (χ3n) is 2.57. The highest BCUT2D eigenvalue weighted by Crippen LogP contribution is 2.17. The fourth-order valence-corrected chi connectivity index (χ4v) is 2.02. The van der Waals surface area contributed by atoms with Gasteiger partial charge in [-0.15, -0.1) is 0 Å². The van der Waals surface area contributed by atoms with Crippen molar-refractivity contribution in [1.29, 1.82) is 0 Å². The summed E-state index contributed by atoms with van der Waals surface area (Å²) in [4.78, 5) is 21.6. The Kier molecular flexibility index (Phi) is 4.90. The molecular formula is C13H16BrNO3. The van der Waals surface area contributed by atoms with E-state index in [1.807, 2.05) is 38.1 Å². The normalized spacial score (nSPS) is 11.1. The molecule has 4 nitrogen and oxygen atoms in total. The van der Waals surface area contributed by atoms with Crippen molar-refractivity contribution in [3.63, 3.8) is 0 Å². The Labute approximate surface area is 115 Å². The molecule has 0 radical (unpaired) electrons. The Morgan fingerprint density at radius 3 is 2.61 bits per heavy atom. The third-order valence-corrected chi connectivity index (χ3v) is 3.07. The number of amides is 1. The molecule has 1 rings (SSSR count). The number of aryl methyl sites for hydroxylation is 1. The quantitative estimate of drug-likeness (QED) is 0.839. The van der Waals surface area contributed by atoms with Gasteiger partial charge in [-0.25, -0.2) is 4.79 Å². The number of carboxylic acid groups (broad SMARTS) is 1. The van der Waals surface area contributed by atoms with Gasteiger partial charge in [-0.1, -0.05) is 28.1 Å². The minimum absolute atomic E-state index is 0.544. The number of aliphatic carboxylic acids is 1. The smallest absolute Gasteiger partial charge is 0.394 e. The van der Waals surface area contributed by atoms with E-state index in [1.165, 1.54) is 0 Å². The van der Waals surface area contributed by atoms with Crippen LogP contribution >= 0.6 is 15.9 Å². The van der Waals surface area contributed by atoms with Gasteiger partial charge in [-0.05, 0) is 44.4 Å². The van der Waals surface area contributed by atoms with Crippen LogP contribution in [-0.4, -0.2) is 22.5 Å². The average molecular weight is 314 g/mol. The van der Waals surface area contributed by atoms with E-state index >= 15 is 0 Å². The lowest BCUT2D eigenvalue weighted by Crippen LogP contribution is -2.46. The molecule has 18 heavy (non-hydrogen) atoms. The van der Waals surface area contributed by atoms with E-state index in [-0.39, 0.29) is 0 Å². The van der Waals surface area contributed by atoms with E-state index < -0.39 is 17.4 Å². The molecule has 1 amide bonds.